The Bertz CT molecular complexity index is 1120. The van der Waals surface area contributed by atoms with Crippen molar-refractivity contribution in [2.45, 2.75) is 25.3 Å². The summed E-state index contributed by atoms with van der Waals surface area (Å²) in [5.74, 6) is 1.34. The molecular weight excluding hydrogens is 364 g/mol. The minimum Gasteiger partial charge on any atom is -0.364 e. The summed E-state index contributed by atoms with van der Waals surface area (Å²) in [4.78, 5) is 17.0. The van der Waals surface area contributed by atoms with Gasteiger partial charge in [-0.05, 0) is 38.1 Å². The van der Waals surface area contributed by atoms with Crippen molar-refractivity contribution in [1.29, 1.82) is 0 Å². The Balaban J connectivity index is 1.40. The van der Waals surface area contributed by atoms with Crippen molar-refractivity contribution in [3.63, 3.8) is 0 Å². The van der Waals surface area contributed by atoms with E-state index in [2.05, 4.69) is 48.9 Å². The minimum absolute atomic E-state index is 0.545. The highest BCUT2D eigenvalue weighted by atomic mass is 15.2. The molecule has 0 radical (unpaired) electrons. The van der Waals surface area contributed by atoms with Crippen molar-refractivity contribution < 1.29 is 0 Å². The van der Waals surface area contributed by atoms with Gasteiger partial charge in [-0.15, -0.1) is 0 Å². The van der Waals surface area contributed by atoms with Crippen LogP contribution in [0.2, 0.25) is 0 Å². The van der Waals surface area contributed by atoms with Crippen LogP contribution >= 0.6 is 0 Å². The minimum atomic E-state index is 0.545. The highest BCUT2D eigenvalue weighted by Gasteiger charge is 2.17. The number of nitrogens with zero attached hydrogens (tertiary/aromatic N) is 5. The van der Waals surface area contributed by atoms with Crippen LogP contribution < -0.4 is 10.6 Å². The lowest BCUT2D eigenvalue weighted by Gasteiger charge is -2.22. The molecule has 8 heteroatoms. The molecule has 4 aromatic rings. The molecule has 148 valence electrons. The van der Waals surface area contributed by atoms with Gasteiger partial charge in [0.2, 0.25) is 0 Å². The number of piperidine rings is 1. The van der Waals surface area contributed by atoms with E-state index >= 15 is 0 Å². The third kappa shape index (κ3) is 3.58. The van der Waals surface area contributed by atoms with E-state index in [4.69, 9.17) is 4.98 Å². The summed E-state index contributed by atoms with van der Waals surface area (Å²) in [6.45, 7) is 2.75. The Morgan fingerprint density at radius 1 is 1.21 bits per heavy atom. The van der Waals surface area contributed by atoms with Crippen molar-refractivity contribution in [2.24, 2.45) is 7.05 Å². The third-order valence-corrected chi connectivity index (χ3v) is 5.51. The molecule has 4 aromatic heterocycles. The molecule has 0 aromatic carbocycles. The van der Waals surface area contributed by atoms with Crippen LogP contribution in [0.25, 0.3) is 22.2 Å². The van der Waals surface area contributed by atoms with Gasteiger partial charge in [0.15, 0.2) is 0 Å². The van der Waals surface area contributed by atoms with Crippen LogP contribution in [-0.4, -0.2) is 42.8 Å². The number of aromatic nitrogens is 6. The van der Waals surface area contributed by atoms with Gasteiger partial charge in [-0.3, -0.25) is 9.67 Å². The van der Waals surface area contributed by atoms with Crippen LogP contribution in [0.5, 0.6) is 0 Å². The summed E-state index contributed by atoms with van der Waals surface area (Å²) in [6.07, 6.45) is 9.67. The Morgan fingerprint density at radius 2 is 2.10 bits per heavy atom. The zero-order valence-electron chi connectivity index (χ0n) is 16.4. The SMILES string of the molecule is Cn1cc(-c2c[nH]c3ncnc(NCc4cccc(C5CCNCC5)n4)c23)cn1. The predicted molar refractivity (Wildman–Crippen MR) is 112 cm³/mol. The number of rotatable bonds is 5. The lowest BCUT2D eigenvalue weighted by Crippen LogP contribution is -2.27. The zero-order valence-corrected chi connectivity index (χ0v) is 16.4. The van der Waals surface area contributed by atoms with E-state index in [1.54, 1.807) is 11.0 Å². The maximum absolute atomic E-state index is 4.91. The first-order valence-corrected chi connectivity index (χ1v) is 9.99. The zero-order chi connectivity index (χ0) is 19.6. The van der Waals surface area contributed by atoms with Gasteiger partial charge in [0.05, 0.1) is 23.8 Å². The van der Waals surface area contributed by atoms with Gasteiger partial charge in [-0.25, -0.2) is 9.97 Å². The first-order valence-electron chi connectivity index (χ1n) is 9.99. The molecule has 5 heterocycles. The Morgan fingerprint density at radius 3 is 2.93 bits per heavy atom. The summed E-state index contributed by atoms with van der Waals surface area (Å²) in [6, 6.07) is 6.32. The van der Waals surface area contributed by atoms with Gasteiger partial charge in [0.1, 0.15) is 17.8 Å². The van der Waals surface area contributed by atoms with Crippen molar-refractivity contribution in [2.75, 3.05) is 18.4 Å². The molecule has 0 atom stereocenters. The average molecular weight is 388 g/mol. The monoisotopic (exact) mass is 388 g/mol. The molecule has 0 bridgehead atoms. The Hall–Kier alpha value is -3.26. The molecule has 5 rings (SSSR count). The van der Waals surface area contributed by atoms with Crippen molar-refractivity contribution in [3.05, 3.63) is 54.5 Å². The van der Waals surface area contributed by atoms with Crippen LogP contribution in [0, 0.1) is 0 Å². The molecule has 0 aliphatic carbocycles. The molecule has 29 heavy (non-hydrogen) atoms. The predicted octanol–water partition coefficient (Wildman–Crippen LogP) is 2.83. The number of hydrogen-bond acceptors (Lipinski definition) is 6. The van der Waals surface area contributed by atoms with Crippen LogP contribution in [0.15, 0.2) is 43.1 Å². The van der Waals surface area contributed by atoms with Crippen LogP contribution in [0.4, 0.5) is 5.82 Å². The van der Waals surface area contributed by atoms with E-state index in [1.807, 2.05) is 25.6 Å². The summed E-state index contributed by atoms with van der Waals surface area (Å²) in [5.41, 5.74) is 5.08. The standard InChI is InChI=1S/C21H24N8/c1-29-12-15(9-27-29)17-11-24-21-19(17)20(25-13-26-21)23-10-16-3-2-4-18(28-16)14-5-7-22-8-6-14/h2-4,9,11-14,22H,5-8,10H2,1H3,(H2,23,24,25,26). The molecule has 8 nitrogen and oxygen atoms in total. The molecule has 1 aliphatic rings. The van der Waals surface area contributed by atoms with E-state index in [0.29, 0.717) is 12.5 Å². The van der Waals surface area contributed by atoms with E-state index in [-0.39, 0.29) is 0 Å². The molecule has 0 unspecified atom stereocenters. The summed E-state index contributed by atoms with van der Waals surface area (Å²) < 4.78 is 1.79. The molecule has 1 fully saturated rings. The number of anilines is 1. The number of H-pyrrole nitrogens is 1. The summed E-state index contributed by atoms with van der Waals surface area (Å²) >= 11 is 0. The highest BCUT2D eigenvalue weighted by molar-refractivity contribution is 6.00. The first-order chi connectivity index (χ1) is 14.3. The van der Waals surface area contributed by atoms with Crippen LogP contribution in [-0.2, 0) is 13.6 Å². The van der Waals surface area contributed by atoms with Gasteiger partial charge in [-0.2, -0.15) is 5.10 Å². The molecule has 0 saturated carbocycles. The van der Waals surface area contributed by atoms with Gasteiger partial charge in [-0.1, -0.05) is 6.07 Å². The van der Waals surface area contributed by atoms with Gasteiger partial charge in [0.25, 0.3) is 0 Å². The summed E-state index contributed by atoms with van der Waals surface area (Å²) in [7, 11) is 1.91. The number of pyridine rings is 1. The first kappa shape index (κ1) is 17.8. The fourth-order valence-corrected chi connectivity index (χ4v) is 4.00. The molecule has 1 aliphatic heterocycles. The second kappa shape index (κ2) is 7.63. The van der Waals surface area contributed by atoms with Crippen molar-refractivity contribution in [3.8, 4) is 11.1 Å². The fourth-order valence-electron chi connectivity index (χ4n) is 4.00. The van der Waals surface area contributed by atoms with Crippen molar-refractivity contribution >= 4 is 16.9 Å². The normalized spacial score (nSPS) is 15.1. The number of aromatic amines is 1. The number of fused-ring (bicyclic) bond motifs is 1. The topological polar surface area (TPSA) is 96.3 Å². The van der Waals surface area contributed by atoms with E-state index in [0.717, 1.165) is 59.6 Å². The van der Waals surface area contributed by atoms with Gasteiger partial charge in [0, 0.05) is 42.2 Å². The smallest absolute Gasteiger partial charge is 0.143 e. The second-order valence-electron chi connectivity index (χ2n) is 7.48. The second-order valence-corrected chi connectivity index (χ2v) is 7.48. The number of hydrogen-bond donors (Lipinski definition) is 3. The van der Waals surface area contributed by atoms with E-state index in [9.17, 15) is 0 Å². The fraction of sp³-hybridized carbons (Fsp3) is 0.333. The molecule has 1 saturated heterocycles. The highest BCUT2D eigenvalue weighted by Crippen LogP contribution is 2.31. The molecular formula is C21H24N8. The van der Waals surface area contributed by atoms with Crippen LogP contribution in [0.1, 0.15) is 30.1 Å². The number of aryl methyl sites for hydroxylation is 1. The van der Waals surface area contributed by atoms with E-state index < -0.39 is 0 Å². The van der Waals surface area contributed by atoms with Crippen LogP contribution in [0.3, 0.4) is 0 Å². The van der Waals surface area contributed by atoms with Gasteiger partial charge >= 0.3 is 0 Å². The third-order valence-electron chi connectivity index (χ3n) is 5.51. The largest absolute Gasteiger partial charge is 0.364 e. The lowest BCUT2D eigenvalue weighted by atomic mass is 9.94. The maximum Gasteiger partial charge on any atom is 0.143 e. The quantitative estimate of drug-likeness (QED) is 0.486. The summed E-state index contributed by atoms with van der Waals surface area (Å²) in [5, 5.41) is 12.1. The lowest BCUT2D eigenvalue weighted by molar-refractivity contribution is 0.452. The molecule has 0 amide bonds. The maximum atomic E-state index is 4.91. The Kier molecular flexibility index (Phi) is 4.69. The molecule has 0 spiro atoms. The van der Waals surface area contributed by atoms with Crippen molar-refractivity contribution in [1.82, 2.24) is 35.0 Å². The van der Waals surface area contributed by atoms with E-state index in [1.165, 1.54) is 5.69 Å². The molecule has 3 N–H and O–H groups in total. The van der Waals surface area contributed by atoms with Gasteiger partial charge < -0.3 is 15.6 Å². The average Bonchev–Trinajstić information content (AvgIpc) is 3.39. The Labute approximate surface area is 168 Å². The number of nitrogens with one attached hydrogen (secondary N) is 3.